The fourth-order valence-corrected chi connectivity index (χ4v) is 2.70. The second kappa shape index (κ2) is 6.88. The summed E-state index contributed by atoms with van der Waals surface area (Å²) in [5.41, 5.74) is 1.39. The molecular weight excluding hydrogens is 312 g/mol. The Bertz CT molecular complexity index is 646. The van der Waals surface area contributed by atoms with Crippen LogP contribution in [0, 0.1) is 0 Å². The zero-order valence-electron chi connectivity index (χ0n) is 13.5. The molecule has 1 aromatic rings. The maximum Gasteiger partial charge on any atom is 0.414 e. The van der Waals surface area contributed by atoms with Crippen molar-refractivity contribution >= 4 is 29.3 Å². The lowest BCUT2D eigenvalue weighted by Gasteiger charge is -2.31. The number of nitrogens with one attached hydrogen (secondary N) is 1. The molecule has 0 radical (unpaired) electrons. The molecule has 1 aromatic carbocycles. The van der Waals surface area contributed by atoms with Crippen LogP contribution in [0.25, 0.3) is 0 Å². The molecule has 0 saturated carbocycles. The summed E-state index contributed by atoms with van der Waals surface area (Å²) in [7, 11) is 1.76. The highest BCUT2D eigenvalue weighted by Gasteiger charge is 2.24. The molecule has 2 fully saturated rings. The van der Waals surface area contributed by atoms with Crippen molar-refractivity contribution in [3.05, 3.63) is 24.3 Å². The van der Waals surface area contributed by atoms with Gasteiger partial charge in [-0.05, 0) is 24.3 Å². The molecule has 0 spiro atoms. The topological polar surface area (TPSA) is 82.2 Å². The molecule has 24 heavy (non-hydrogen) atoms. The van der Waals surface area contributed by atoms with Gasteiger partial charge in [-0.2, -0.15) is 0 Å². The number of hydrogen-bond donors (Lipinski definition) is 1. The van der Waals surface area contributed by atoms with Crippen LogP contribution in [-0.2, 0) is 14.3 Å². The number of amides is 3. The van der Waals surface area contributed by atoms with Crippen LogP contribution in [0.1, 0.15) is 0 Å². The lowest BCUT2D eigenvalue weighted by molar-refractivity contribution is -0.135. The number of carbonyl (C=O) groups excluding carboxylic acids is 3. The van der Waals surface area contributed by atoms with Gasteiger partial charge < -0.3 is 15.0 Å². The molecule has 2 aliphatic heterocycles. The van der Waals surface area contributed by atoms with Gasteiger partial charge in [0.2, 0.25) is 11.8 Å². The average Bonchev–Trinajstić information content (AvgIpc) is 2.98. The predicted octanol–water partition coefficient (Wildman–Crippen LogP) is 0.356. The first kappa shape index (κ1) is 16.3. The predicted molar refractivity (Wildman–Crippen MR) is 87.8 cm³/mol. The molecule has 2 saturated heterocycles. The third-order valence-corrected chi connectivity index (χ3v) is 4.13. The van der Waals surface area contributed by atoms with Crippen LogP contribution in [0.2, 0.25) is 0 Å². The Morgan fingerprint density at radius 2 is 1.92 bits per heavy atom. The third-order valence-electron chi connectivity index (χ3n) is 4.13. The van der Waals surface area contributed by atoms with Gasteiger partial charge in [0, 0.05) is 31.5 Å². The van der Waals surface area contributed by atoms with Gasteiger partial charge in [0.1, 0.15) is 6.61 Å². The molecular formula is C16H20N4O4. The summed E-state index contributed by atoms with van der Waals surface area (Å²) in [5.74, 6) is -0.142. The molecule has 0 atom stereocenters. The highest BCUT2D eigenvalue weighted by atomic mass is 16.6. The first-order chi connectivity index (χ1) is 11.5. The second-order valence-corrected chi connectivity index (χ2v) is 5.89. The van der Waals surface area contributed by atoms with Crippen molar-refractivity contribution in [1.29, 1.82) is 0 Å². The number of nitrogens with zero attached hydrogens (tertiary/aromatic N) is 3. The van der Waals surface area contributed by atoms with Crippen LogP contribution >= 0.6 is 0 Å². The Kier molecular flexibility index (Phi) is 4.66. The van der Waals surface area contributed by atoms with Crippen LogP contribution in [0.15, 0.2) is 24.3 Å². The first-order valence-corrected chi connectivity index (χ1v) is 7.83. The molecule has 8 heteroatoms. The van der Waals surface area contributed by atoms with Crippen molar-refractivity contribution in [2.24, 2.45) is 0 Å². The van der Waals surface area contributed by atoms with E-state index in [2.05, 4.69) is 5.32 Å². The summed E-state index contributed by atoms with van der Waals surface area (Å²) in [6.07, 6.45) is -0.355. The summed E-state index contributed by atoms with van der Waals surface area (Å²) in [6, 6.07) is 7.02. The highest BCUT2D eigenvalue weighted by Crippen LogP contribution is 2.21. The number of anilines is 2. The second-order valence-electron chi connectivity index (χ2n) is 5.89. The third kappa shape index (κ3) is 3.65. The van der Waals surface area contributed by atoms with Crippen molar-refractivity contribution in [2.75, 3.05) is 56.6 Å². The number of piperazine rings is 1. The first-order valence-electron chi connectivity index (χ1n) is 7.83. The fourth-order valence-electron chi connectivity index (χ4n) is 2.70. The van der Waals surface area contributed by atoms with Gasteiger partial charge >= 0.3 is 6.09 Å². The molecule has 1 N–H and O–H groups in total. The summed E-state index contributed by atoms with van der Waals surface area (Å²) < 4.78 is 4.90. The number of cyclic esters (lactones) is 1. The zero-order valence-corrected chi connectivity index (χ0v) is 13.5. The van der Waals surface area contributed by atoms with E-state index in [-0.39, 0.29) is 31.0 Å². The Balaban J connectivity index is 1.53. The maximum atomic E-state index is 12.1. The van der Waals surface area contributed by atoms with E-state index in [9.17, 15) is 14.4 Å². The Hall–Kier alpha value is -2.61. The van der Waals surface area contributed by atoms with E-state index in [0.29, 0.717) is 31.9 Å². The number of benzene rings is 1. The standard InChI is InChI=1S/C16H20N4O4/c1-18-6-7-19(11-15(18)22)10-14(21)17-12-2-4-13(5-3-12)20-8-9-24-16(20)23/h2-5H,6-11H2,1H3,(H,17,21). The molecule has 0 aliphatic carbocycles. The number of rotatable bonds is 4. The van der Waals surface area contributed by atoms with Crippen LogP contribution in [0.4, 0.5) is 16.2 Å². The fraction of sp³-hybridized carbons (Fsp3) is 0.438. The van der Waals surface area contributed by atoms with Crippen LogP contribution in [0.3, 0.4) is 0 Å². The molecule has 8 nitrogen and oxygen atoms in total. The Morgan fingerprint density at radius 1 is 1.17 bits per heavy atom. The van der Waals surface area contributed by atoms with Gasteiger partial charge in [-0.3, -0.25) is 19.4 Å². The molecule has 3 rings (SSSR count). The van der Waals surface area contributed by atoms with Crippen molar-refractivity contribution < 1.29 is 19.1 Å². The van der Waals surface area contributed by atoms with Crippen LogP contribution in [0.5, 0.6) is 0 Å². The molecule has 2 aliphatic rings. The molecule has 0 bridgehead atoms. The molecule has 0 aromatic heterocycles. The maximum absolute atomic E-state index is 12.1. The minimum Gasteiger partial charge on any atom is -0.447 e. The zero-order chi connectivity index (χ0) is 17.1. The normalized spacial score (nSPS) is 18.7. The number of ether oxygens (including phenoxy) is 1. The van der Waals surface area contributed by atoms with Gasteiger partial charge in [0.15, 0.2) is 0 Å². The van der Waals surface area contributed by atoms with Gasteiger partial charge in [0.25, 0.3) is 0 Å². The molecule has 3 amide bonds. The van der Waals surface area contributed by atoms with Crippen LogP contribution in [-0.4, -0.2) is 74.1 Å². The van der Waals surface area contributed by atoms with Crippen molar-refractivity contribution in [2.45, 2.75) is 0 Å². The van der Waals surface area contributed by atoms with E-state index in [1.165, 1.54) is 0 Å². The monoisotopic (exact) mass is 332 g/mol. The van der Waals surface area contributed by atoms with E-state index >= 15 is 0 Å². The lowest BCUT2D eigenvalue weighted by atomic mass is 10.2. The number of likely N-dealkylation sites (N-methyl/N-ethyl adjacent to an activating group) is 1. The average molecular weight is 332 g/mol. The minimum atomic E-state index is -0.355. The van der Waals surface area contributed by atoms with E-state index < -0.39 is 0 Å². The van der Waals surface area contributed by atoms with Crippen LogP contribution < -0.4 is 10.2 Å². The Morgan fingerprint density at radius 3 is 2.54 bits per heavy atom. The molecule has 128 valence electrons. The van der Waals surface area contributed by atoms with Gasteiger partial charge in [-0.15, -0.1) is 0 Å². The van der Waals surface area contributed by atoms with Crippen molar-refractivity contribution in [1.82, 2.24) is 9.80 Å². The number of carbonyl (C=O) groups is 3. The highest BCUT2D eigenvalue weighted by molar-refractivity contribution is 5.94. The SMILES string of the molecule is CN1CCN(CC(=O)Nc2ccc(N3CCOC3=O)cc2)CC1=O. The lowest BCUT2D eigenvalue weighted by Crippen LogP contribution is -2.50. The number of hydrogen-bond acceptors (Lipinski definition) is 5. The van der Waals surface area contributed by atoms with E-state index in [1.54, 1.807) is 41.1 Å². The van der Waals surface area contributed by atoms with E-state index in [0.717, 1.165) is 5.69 Å². The van der Waals surface area contributed by atoms with E-state index in [4.69, 9.17) is 4.74 Å². The van der Waals surface area contributed by atoms with Crippen molar-refractivity contribution in [3.8, 4) is 0 Å². The summed E-state index contributed by atoms with van der Waals surface area (Å²) in [5, 5.41) is 2.80. The smallest absolute Gasteiger partial charge is 0.414 e. The van der Waals surface area contributed by atoms with Gasteiger partial charge in [-0.1, -0.05) is 0 Å². The summed E-state index contributed by atoms with van der Waals surface area (Å²) >= 11 is 0. The summed E-state index contributed by atoms with van der Waals surface area (Å²) in [4.78, 5) is 40.3. The summed E-state index contributed by atoms with van der Waals surface area (Å²) in [6.45, 7) is 2.68. The minimum absolute atomic E-state index is 0.0240. The largest absolute Gasteiger partial charge is 0.447 e. The van der Waals surface area contributed by atoms with Gasteiger partial charge in [0.05, 0.1) is 19.6 Å². The van der Waals surface area contributed by atoms with E-state index in [1.807, 2.05) is 4.90 Å². The quantitative estimate of drug-likeness (QED) is 0.861. The van der Waals surface area contributed by atoms with Gasteiger partial charge in [-0.25, -0.2) is 4.79 Å². The molecule has 2 heterocycles. The van der Waals surface area contributed by atoms with Crippen molar-refractivity contribution in [3.63, 3.8) is 0 Å². The molecule has 0 unspecified atom stereocenters. The Labute approximate surface area is 139 Å².